The van der Waals surface area contributed by atoms with Crippen LogP contribution in [0, 0.1) is 11.8 Å². The van der Waals surface area contributed by atoms with Gasteiger partial charge in [-0.1, -0.05) is 44.8 Å². The molecule has 1 aliphatic carbocycles. The number of esters is 1. The fraction of sp³-hybridized carbons (Fsp3) is 0.885. The van der Waals surface area contributed by atoms with Crippen molar-refractivity contribution in [2.45, 2.75) is 110 Å². The van der Waals surface area contributed by atoms with Gasteiger partial charge in [0, 0.05) is 19.6 Å². The highest BCUT2D eigenvalue weighted by Gasteiger charge is 2.40. The van der Waals surface area contributed by atoms with Gasteiger partial charge in [0.1, 0.15) is 0 Å². The summed E-state index contributed by atoms with van der Waals surface area (Å²) in [6.45, 7) is 8.48. The van der Waals surface area contributed by atoms with Gasteiger partial charge >= 0.3 is 5.97 Å². The first-order chi connectivity index (χ1) is 15.5. The third-order valence-electron chi connectivity index (χ3n) is 6.07. The number of aliphatic hydroxyl groups is 2. The summed E-state index contributed by atoms with van der Waals surface area (Å²) in [5.41, 5.74) is 0. The molecule has 0 saturated heterocycles. The van der Waals surface area contributed by atoms with Crippen LogP contribution in [-0.2, 0) is 19.0 Å². The van der Waals surface area contributed by atoms with E-state index in [0.717, 1.165) is 38.7 Å². The van der Waals surface area contributed by atoms with Gasteiger partial charge in [-0.2, -0.15) is 0 Å². The summed E-state index contributed by atoms with van der Waals surface area (Å²) < 4.78 is 16.4. The molecule has 1 saturated carbocycles. The van der Waals surface area contributed by atoms with E-state index < -0.39 is 12.2 Å². The summed E-state index contributed by atoms with van der Waals surface area (Å²) in [6, 6.07) is 0. The smallest absolute Gasteiger partial charge is 0.306 e. The molecule has 1 aliphatic rings. The maximum absolute atomic E-state index is 11.5. The predicted molar refractivity (Wildman–Crippen MR) is 127 cm³/mol. The van der Waals surface area contributed by atoms with E-state index in [0.29, 0.717) is 32.7 Å². The van der Waals surface area contributed by atoms with Gasteiger partial charge in [0.15, 0.2) is 0 Å². The number of allylic oxidation sites excluding steroid dienone is 2. The van der Waals surface area contributed by atoms with Crippen LogP contribution < -0.4 is 0 Å². The van der Waals surface area contributed by atoms with Crippen molar-refractivity contribution >= 4 is 5.97 Å². The fourth-order valence-corrected chi connectivity index (χ4v) is 4.31. The first-order valence-electron chi connectivity index (χ1n) is 12.8. The van der Waals surface area contributed by atoms with Gasteiger partial charge in [-0.05, 0) is 64.2 Å². The molecule has 1 fully saturated rings. The van der Waals surface area contributed by atoms with E-state index in [1.54, 1.807) is 0 Å². The van der Waals surface area contributed by atoms with Gasteiger partial charge in [-0.3, -0.25) is 4.79 Å². The van der Waals surface area contributed by atoms with Crippen LogP contribution >= 0.6 is 0 Å². The fourth-order valence-electron chi connectivity index (χ4n) is 4.31. The molecule has 0 aromatic rings. The van der Waals surface area contributed by atoms with Gasteiger partial charge in [0.2, 0.25) is 0 Å². The van der Waals surface area contributed by atoms with Crippen molar-refractivity contribution in [2.24, 2.45) is 11.8 Å². The molecule has 6 nitrogen and oxygen atoms in total. The second-order valence-electron chi connectivity index (χ2n) is 9.26. The van der Waals surface area contributed by atoms with E-state index >= 15 is 0 Å². The van der Waals surface area contributed by atoms with Gasteiger partial charge in [-0.25, -0.2) is 0 Å². The van der Waals surface area contributed by atoms with Gasteiger partial charge in [0.25, 0.3) is 0 Å². The molecule has 6 heteroatoms. The zero-order valence-corrected chi connectivity index (χ0v) is 20.7. The Labute approximate surface area is 195 Å². The van der Waals surface area contributed by atoms with Crippen molar-refractivity contribution in [2.75, 3.05) is 26.4 Å². The number of carbonyl (C=O) groups is 1. The molecule has 188 valence electrons. The van der Waals surface area contributed by atoms with Crippen molar-refractivity contribution in [3.05, 3.63) is 12.2 Å². The normalized spacial score (nSPS) is 23.4. The van der Waals surface area contributed by atoms with Gasteiger partial charge in [0.05, 0.1) is 31.5 Å². The van der Waals surface area contributed by atoms with Crippen LogP contribution in [0.1, 0.15) is 91.4 Å². The maximum Gasteiger partial charge on any atom is 0.306 e. The lowest BCUT2D eigenvalue weighted by Gasteiger charge is -2.22. The van der Waals surface area contributed by atoms with Crippen LogP contribution in [0.15, 0.2) is 12.2 Å². The summed E-state index contributed by atoms with van der Waals surface area (Å²) >= 11 is 0. The average molecular weight is 457 g/mol. The van der Waals surface area contributed by atoms with Crippen molar-refractivity contribution in [1.29, 1.82) is 0 Å². The minimum absolute atomic E-state index is 0.0510. The number of unbranched alkanes of at least 4 members (excludes halogenated alkanes) is 5. The molecule has 1 rings (SSSR count). The van der Waals surface area contributed by atoms with Crippen molar-refractivity contribution in [1.82, 2.24) is 0 Å². The highest BCUT2D eigenvalue weighted by Crippen LogP contribution is 2.37. The minimum atomic E-state index is -0.475. The topological polar surface area (TPSA) is 85.2 Å². The first-order valence-corrected chi connectivity index (χ1v) is 12.8. The molecule has 0 heterocycles. The maximum atomic E-state index is 11.5. The first kappa shape index (κ1) is 29.1. The number of rotatable bonds is 19. The minimum Gasteiger partial charge on any atom is -0.463 e. The molecule has 0 aliphatic heterocycles. The molecule has 0 bridgehead atoms. The van der Waals surface area contributed by atoms with Gasteiger partial charge in [-0.15, -0.1) is 0 Å². The molecule has 2 N–H and O–H groups in total. The van der Waals surface area contributed by atoms with Crippen molar-refractivity contribution in [3.8, 4) is 0 Å². The third-order valence-corrected chi connectivity index (χ3v) is 6.07. The van der Waals surface area contributed by atoms with E-state index in [1.165, 1.54) is 25.7 Å². The zero-order valence-electron chi connectivity index (χ0n) is 20.7. The molecule has 4 atom stereocenters. The molecule has 0 aromatic carbocycles. The Bertz CT molecular complexity index is 493. The summed E-state index contributed by atoms with van der Waals surface area (Å²) in [4.78, 5) is 11.5. The second kappa shape index (κ2) is 18.5. The summed E-state index contributed by atoms with van der Waals surface area (Å²) in [7, 11) is 0. The van der Waals surface area contributed by atoms with E-state index in [-0.39, 0.29) is 23.9 Å². The average Bonchev–Trinajstić information content (AvgIpc) is 3.00. The number of hydrogen-bond acceptors (Lipinski definition) is 6. The molecular weight excluding hydrogens is 408 g/mol. The van der Waals surface area contributed by atoms with E-state index in [1.807, 2.05) is 13.8 Å². The van der Waals surface area contributed by atoms with Crippen molar-refractivity contribution < 1.29 is 29.2 Å². The van der Waals surface area contributed by atoms with E-state index in [4.69, 9.17) is 14.2 Å². The Kier molecular flexibility index (Phi) is 16.8. The van der Waals surface area contributed by atoms with E-state index in [2.05, 4.69) is 19.1 Å². The lowest BCUT2D eigenvalue weighted by Crippen LogP contribution is -2.23. The van der Waals surface area contributed by atoms with Crippen LogP contribution in [-0.4, -0.2) is 60.9 Å². The summed E-state index contributed by atoms with van der Waals surface area (Å²) in [5, 5.41) is 20.7. The standard InChI is InChI=1S/C26H48O6/c1-4-5-6-9-12-16-30-18-19-31-17-15-23-22(24(27)20-25(23)28)13-10-7-8-11-14-26(29)32-21(2)3/h7,10,21-25,27-28H,4-6,8-9,11-20H2,1-3H3/t22?,23-,24+,25-/m1/s1. The quantitative estimate of drug-likeness (QED) is 0.165. The van der Waals surface area contributed by atoms with E-state index in [9.17, 15) is 15.0 Å². The SMILES string of the molecule is CCCCCCCOCCOCC[C@@H]1C(CC=CCCCC(=O)OC(C)C)[C@@H](O)C[C@H]1O. The molecule has 0 aromatic heterocycles. The molecule has 0 spiro atoms. The number of ether oxygens (including phenoxy) is 3. The lowest BCUT2D eigenvalue weighted by molar-refractivity contribution is -0.147. The summed E-state index contributed by atoms with van der Waals surface area (Å²) in [5.74, 6) is -0.0505. The largest absolute Gasteiger partial charge is 0.463 e. The molecule has 32 heavy (non-hydrogen) atoms. The number of hydrogen-bond donors (Lipinski definition) is 2. The molecule has 0 amide bonds. The Hall–Kier alpha value is -0.950. The van der Waals surface area contributed by atoms with Crippen LogP contribution in [0.2, 0.25) is 0 Å². The molecular formula is C26H48O6. The van der Waals surface area contributed by atoms with Crippen LogP contribution in [0.3, 0.4) is 0 Å². The second-order valence-corrected chi connectivity index (χ2v) is 9.26. The predicted octanol–water partition coefficient (Wildman–Crippen LogP) is 4.81. The van der Waals surface area contributed by atoms with Crippen molar-refractivity contribution in [3.63, 3.8) is 0 Å². The monoisotopic (exact) mass is 456 g/mol. The molecule has 1 unspecified atom stereocenters. The highest BCUT2D eigenvalue weighted by molar-refractivity contribution is 5.69. The van der Waals surface area contributed by atoms with Crippen LogP contribution in [0.4, 0.5) is 0 Å². The molecule has 0 radical (unpaired) electrons. The summed E-state index contributed by atoms with van der Waals surface area (Å²) in [6.07, 6.45) is 13.2. The number of carbonyl (C=O) groups excluding carboxylic acids is 1. The third kappa shape index (κ3) is 13.6. The Morgan fingerprint density at radius 3 is 2.31 bits per heavy atom. The Morgan fingerprint density at radius 1 is 0.906 bits per heavy atom. The van der Waals surface area contributed by atoms with Crippen LogP contribution in [0.25, 0.3) is 0 Å². The Morgan fingerprint density at radius 2 is 1.59 bits per heavy atom. The zero-order chi connectivity index (χ0) is 23.6. The van der Waals surface area contributed by atoms with Crippen LogP contribution in [0.5, 0.6) is 0 Å². The number of aliphatic hydroxyl groups excluding tert-OH is 2. The lowest BCUT2D eigenvalue weighted by atomic mass is 9.88. The van der Waals surface area contributed by atoms with Gasteiger partial charge < -0.3 is 24.4 Å². The highest BCUT2D eigenvalue weighted by atomic mass is 16.5. The Balaban J connectivity index is 2.14.